The minimum absolute atomic E-state index is 0.295. The number of ether oxygens (including phenoxy) is 1. The monoisotopic (exact) mass is 261 g/mol. The maximum atomic E-state index is 11.4. The van der Waals surface area contributed by atoms with Crippen molar-refractivity contribution < 1.29 is 9.53 Å². The van der Waals surface area contributed by atoms with Crippen molar-refractivity contribution in [1.82, 2.24) is 0 Å². The molecule has 0 radical (unpaired) electrons. The van der Waals surface area contributed by atoms with Gasteiger partial charge in [0.2, 0.25) is 5.91 Å². The van der Waals surface area contributed by atoms with Crippen molar-refractivity contribution in [3.63, 3.8) is 0 Å². The second-order valence-electron chi connectivity index (χ2n) is 5.88. The SMILES string of the molecule is CC(C)(C(N)=O)c1ccc(C[C@@H]2CCCCO2)cc1. The summed E-state index contributed by atoms with van der Waals surface area (Å²) in [5, 5.41) is 0. The lowest BCUT2D eigenvalue weighted by molar-refractivity contribution is -0.122. The van der Waals surface area contributed by atoms with Crippen molar-refractivity contribution in [2.75, 3.05) is 6.61 Å². The number of hydrogen-bond acceptors (Lipinski definition) is 2. The first-order valence-electron chi connectivity index (χ1n) is 7.01. The van der Waals surface area contributed by atoms with Gasteiger partial charge in [0.1, 0.15) is 0 Å². The molecule has 0 saturated carbocycles. The number of nitrogens with two attached hydrogens (primary N) is 1. The highest BCUT2D eigenvalue weighted by molar-refractivity contribution is 5.85. The summed E-state index contributed by atoms with van der Waals surface area (Å²) in [7, 11) is 0. The molecular weight excluding hydrogens is 238 g/mol. The van der Waals surface area contributed by atoms with Gasteiger partial charge in [0.15, 0.2) is 0 Å². The maximum Gasteiger partial charge on any atom is 0.227 e. The Kier molecular flexibility index (Phi) is 4.25. The van der Waals surface area contributed by atoms with E-state index < -0.39 is 5.41 Å². The third-order valence-corrected chi connectivity index (χ3v) is 4.03. The summed E-state index contributed by atoms with van der Waals surface area (Å²) in [6.07, 6.45) is 4.90. The van der Waals surface area contributed by atoms with Crippen molar-refractivity contribution >= 4 is 5.91 Å². The molecule has 1 aromatic carbocycles. The van der Waals surface area contributed by atoms with Gasteiger partial charge < -0.3 is 10.5 Å². The Hall–Kier alpha value is -1.35. The summed E-state index contributed by atoms with van der Waals surface area (Å²) in [5.41, 5.74) is 7.05. The van der Waals surface area contributed by atoms with Gasteiger partial charge in [-0.1, -0.05) is 24.3 Å². The molecule has 1 aliphatic rings. The van der Waals surface area contributed by atoms with Gasteiger partial charge in [-0.3, -0.25) is 4.79 Å². The average Bonchev–Trinajstić information content (AvgIpc) is 2.40. The van der Waals surface area contributed by atoms with Gasteiger partial charge in [-0.25, -0.2) is 0 Å². The standard InChI is InChI=1S/C16H23NO2/c1-16(2,15(17)18)13-8-6-12(7-9-13)11-14-5-3-4-10-19-14/h6-9,14H,3-5,10-11H2,1-2H3,(H2,17,18)/t14-/m0/s1. The van der Waals surface area contributed by atoms with Crippen LogP contribution in [0, 0.1) is 0 Å². The molecule has 1 aromatic rings. The largest absolute Gasteiger partial charge is 0.378 e. The minimum Gasteiger partial charge on any atom is -0.378 e. The van der Waals surface area contributed by atoms with Gasteiger partial charge in [-0.2, -0.15) is 0 Å². The third-order valence-electron chi connectivity index (χ3n) is 4.03. The molecule has 104 valence electrons. The van der Waals surface area contributed by atoms with Crippen LogP contribution in [0.4, 0.5) is 0 Å². The van der Waals surface area contributed by atoms with Crippen molar-refractivity contribution in [2.45, 2.75) is 51.0 Å². The van der Waals surface area contributed by atoms with Crippen LogP contribution in [-0.4, -0.2) is 18.6 Å². The van der Waals surface area contributed by atoms with E-state index in [9.17, 15) is 4.79 Å². The fourth-order valence-corrected chi connectivity index (χ4v) is 2.43. The van der Waals surface area contributed by atoms with Crippen molar-refractivity contribution in [3.05, 3.63) is 35.4 Å². The fraction of sp³-hybridized carbons (Fsp3) is 0.562. The molecule has 3 nitrogen and oxygen atoms in total. The lowest BCUT2D eigenvalue weighted by atomic mass is 9.83. The smallest absolute Gasteiger partial charge is 0.227 e. The Labute approximate surface area is 115 Å². The Bertz CT molecular complexity index is 431. The van der Waals surface area contributed by atoms with Gasteiger partial charge in [0.25, 0.3) is 0 Å². The molecule has 0 aromatic heterocycles. The van der Waals surface area contributed by atoms with Crippen LogP contribution in [0.25, 0.3) is 0 Å². The molecule has 0 bridgehead atoms. The number of amides is 1. The first-order chi connectivity index (χ1) is 9.00. The highest BCUT2D eigenvalue weighted by Crippen LogP contribution is 2.24. The van der Waals surface area contributed by atoms with E-state index in [1.54, 1.807) is 0 Å². The van der Waals surface area contributed by atoms with Crippen LogP contribution in [-0.2, 0) is 21.4 Å². The lowest BCUT2D eigenvalue weighted by Crippen LogP contribution is -2.35. The molecule has 1 atom stereocenters. The van der Waals surface area contributed by atoms with Crippen molar-refractivity contribution in [2.24, 2.45) is 5.73 Å². The number of primary amides is 1. The van der Waals surface area contributed by atoms with Crippen LogP contribution < -0.4 is 5.73 Å². The van der Waals surface area contributed by atoms with Crippen LogP contribution in [0.5, 0.6) is 0 Å². The second kappa shape index (κ2) is 5.74. The first-order valence-corrected chi connectivity index (χ1v) is 7.01. The molecule has 1 heterocycles. The Morgan fingerprint density at radius 3 is 2.53 bits per heavy atom. The van der Waals surface area contributed by atoms with E-state index in [1.165, 1.54) is 18.4 Å². The fourth-order valence-electron chi connectivity index (χ4n) is 2.43. The van der Waals surface area contributed by atoms with Crippen molar-refractivity contribution in [1.29, 1.82) is 0 Å². The molecule has 1 amide bonds. The Balaban J connectivity index is 2.04. The molecule has 1 aliphatic heterocycles. The van der Waals surface area contributed by atoms with Gasteiger partial charge in [-0.15, -0.1) is 0 Å². The Morgan fingerprint density at radius 2 is 2.00 bits per heavy atom. The van der Waals surface area contributed by atoms with E-state index in [2.05, 4.69) is 12.1 Å². The summed E-state index contributed by atoms with van der Waals surface area (Å²) in [6.45, 7) is 4.60. The third kappa shape index (κ3) is 3.35. The molecule has 1 fully saturated rings. The lowest BCUT2D eigenvalue weighted by Gasteiger charge is -2.24. The molecule has 2 N–H and O–H groups in total. The Morgan fingerprint density at radius 1 is 1.32 bits per heavy atom. The molecule has 0 unspecified atom stereocenters. The highest BCUT2D eigenvalue weighted by atomic mass is 16.5. The summed E-state index contributed by atoms with van der Waals surface area (Å²) >= 11 is 0. The predicted molar refractivity (Wildman–Crippen MR) is 76.0 cm³/mol. The van der Waals surface area contributed by atoms with E-state index >= 15 is 0 Å². The number of carbonyl (C=O) groups excluding carboxylic acids is 1. The molecule has 2 rings (SSSR count). The number of carbonyl (C=O) groups is 1. The van der Waals surface area contributed by atoms with E-state index in [-0.39, 0.29) is 5.91 Å². The van der Waals surface area contributed by atoms with E-state index in [0.717, 1.165) is 25.0 Å². The van der Waals surface area contributed by atoms with Gasteiger partial charge in [0.05, 0.1) is 11.5 Å². The molecule has 0 aliphatic carbocycles. The van der Waals surface area contributed by atoms with Crippen molar-refractivity contribution in [3.8, 4) is 0 Å². The topological polar surface area (TPSA) is 52.3 Å². The zero-order valence-electron chi connectivity index (χ0n) is 11.8. The minimum atomic E-state index is -0.611. The quantitative estimate of drug-likeness (QED) is 0.905. The van der Waals surface area contributed by atoms with Crippen LogP contribution >= 0.6 is 0 Å². The second-order valence-corrected chi connectivity index (χ2v) is 5.88. The van der Waals surface area contributed by atoms with Gasteiger partial charge in [0, 0.05) is 6.61 Å². The number of rotatable bonds is 4. The summed E-state index contributed by atoms with van der Waals surface area (Å²) in [4.78, 5) is 11.4. The van der Waals surface area contributed by atoms with E-state index in [1.807, 2.05) is 26.0 Å². The first kappa shape index (κ1) is 14.1. The van der Waals surface area contributed by atoms with E-state index in [4.69, 9.17) is 10.5 Å². The van der Waals surface area contributed by atoms with Crippen LogP contribution in [0.1, 0.15) is 44.2 Å². The molecule has 3 heteroatoms. The van der Waals surface area contributed by atoms with Crippen LogP contribution in [0.15, 0.2) is 24.3 Å². The maximum absolute atomic E-state index is 11.4. The molecular formula is C16H23NO2. The molecule has 19 heavy (non-hydrogen) atoms. The van der Waals surface area contributed by atoms with E-state index in [0.29, 0.717) is 6.10 Å². The molecule has 0 spiro atoms. The number of hydrogen-bond donors (Lipinski definition) is 1. The highest BCUT2D eigenvalue weighted by Gasteiger charge is 2.27. The van der Waals surface area contributed by atoms with Crippen LogP contribution in [0.2, 0.25) is 0 Å². The normalized spacial score (nSPS) is 20.2. The van der Waals surface area contributed by atoms with Crippen LogP contribution in [0.3, 0.4) is 0 Å². The molecule has 1 saturated heterocycles. The zero-order valence-corrected chi connectivity index (χ0v) is 11.8. The summed E-state index contributed by atoms with van der Waals surface area (Å²) < 4.78 is 5.74. The van der Waals surface area contributed by atoms with Gasteiger partial charge >= 0.3 is 0 Å². The van der Waals surface area contributed by atoms with Gasteiger partial charge in [-0.05, 0) is 50.7 Å². The number of benzene rings is 1. The summed E-state index contributed by atoms with van der Waals surface area (Å²) in [6, 6.07) is 8.17. The zero-order chi connectivity index (χ0) is 13.9. The predicted octanol–water partition coefficient (Wildman–Crippen LogP) is 2.56. The average molecular weight is 261 g/mol. The summed E-state index contributed by atoms with van der Waals surface area (Å²) in [5.74, 6) is -0.295.